The summed E-state index contributed by atoms with van der Waals surface area (Å²) in [5, 5.41) is 6.60. The van der Waals surface area contributed by atoms with E-state index in [1.165, 1.54) is 6.20 Å². The van der Waals surface area contributed by atoms with Gasteiger partial charge in [-0.2, -0.15) is 5.10 Å². The van der Waals surface area contributed by atoms with Gasteiger partial charge in [-0.25, -0.2) is 13.5 Å². The predicted molar refractivity (Wildman–Crippen MR) is 67.7 cm³/mol. The molecule has 1 aromatic rings. The highest BCUT2D eigenvalue weighted by Crippen LogP contribution is 2.14. The van der Waals surface area contributed by atoms with Crippen molar-refractivity contribution in [1.29, 1.82) is 0 Å². The minimum Gasteiger partial charge on any atom is -0.377 e. The third-order valence-electron chi connectivity index (χ3n) is 2.03. The van der Waals surface area contributed by atoms with E-state index in [2.05, 4.69) is 21.1 Å². The van der Waals surface area contributed by atoms with Crippen LogP contribution in [0.15, 0.2) is 11.0 Å². The summed E-state index contributed by atoms with van der Waals surface area (Å²) in [6.45, 7) is -0.432. The summed E-state index contributed by atoms with van der Waals surface area (Å²) in [5.74, 6) is 2.28. The summed E-state index contributed by atoms with van der Waals surface area (Å²) >= 11 is 5.81. The molecule has 104 valence electrons. The average molecular weight is 292 g/mol. The number of ether oxygens (including phenoxy) is 1. The molecule has 0 aliphatic rings. The largest absolute Gasteiger partial charge is 0.377 e. The Morgan fingerprint density at radius 3 is 3.00 bits per heavy atom. The van der Waals surface area contributed by atoms with Gasteiger partial charge in [0.25, 0.3) is 12.0 Å². The van der Waals surface area contributed by atoms with E-state index in [1.807, 2.05) is 0 Å². The molecule has 0 fully saturated rings. The molecule has 8 heteroatoms. The summed E-state index contributed by atoms with van der Waals surface area (Å²) in [5.41, 5.74) is -0.355. The van der Waals surface area contributed by atoms with Crippen molar-refractivity contribution in [1.82, 2.24) is 9.78 Å². The molecule has 0 radical (unpaired) electrons. The average Bonchev–Trinajstić information content (AvgIpc) is 2.36. The monoisotopic (exact) mass is 291 g/mol. The molecule has 0 aliphatic heterocycles. The van der Waals surface area contributed by atoms with Gasteiger partial charge >= 0.3 is 0 Å². The van der Waals surface area contributed by atoms with Crippen molar-refractivity contribution in [3.05, 3.63) is 21.6 Å². The van der Waals surface area contributed by atoms with E-state index in [9.17, 15) is 13.6 Å². The van der Waals surface area contributed by atoms with Crippen LogP contribution in [-0.4, -0.2) is 36.0 Å². The number of terminal acetylenes is 1. The molecule has 19 heavy (non-hydrogen) atoms. The number of alkyl halides is 2. The molecule has 0 atom stereocenters. The highest BCUT2D eigenvalue weighted by atomic mass is 35.5. The Morgan fingerprint density at radius 2 is 2.37 bits per heavy atom. The molecule has 0 saturated heterocycles. The van der Waals surface area contributed by atoms with Crippen LogP contribution in [0.1, 0.15) is 0 Å². The minimum absolute atomic E-state index is 0.0204. The van der Waals surface area contributed by atoms with Gasteiger partial charge in [0.2, 0.25) is 0 Å². The second-order valence-corrected chi connectivity index (χ2v) is 3.83. The molecule has 1 rings (SSSR count). The van der Waals surface area contributed by atoms with Crippen LogP contribution in [0.3, 0.4) is 0 Å². The van der Waals surface area contributed by atoms with Crippen LogP contribution in [0.2, 0.25) is 5.02 Å². The smallest absolute Gasteiger partial charge is 0.292 e. The van der Waals surface area contributed by atoms with Crippen LogP contribution < -0.4 is 10.9 Å². The van der Waals surface area contributed by atoms with E-state index in [-0.39, 0.29) is 30.4 Å². The SMILES string of the molecule is C#CCn1ncc(Cl)c(NCCOCC(F)F)c1=O. The predicted octanol–water partition coefficient (Wildman–Crippen LogP) is 1.22. The molecule has 1 aromatic heterocycles. The number of nitrogens with one attached hydrogen (secondary N) is 1. The van der Waals surface area contributed by atoms with E-state index in [0.717, 1.165) is 4.68 Å². The van der Waals surface area contributed by atoms with E-state index < -0.39 is 18.6 Å². The van der Waals surface area contributed by atoms with Gasteiger partial charge in [0.1, 0.15) is 18.8 Å². The Labute approximate surface area is 113 Å². The van der Waals surface area contributed by atoms with E-state index in [4.69, 9.17) is 18.0 Å². The van der Waals surface area contributed by atoms with Crippen LogP contribution in [0.4, 0.5) is 14.5 Å². The molecular weight excluding hydrogens is 280 g/mol. The Kier molecular flexibility index (Phi) is 6.25. The molecule has 0 saturated carbocycles. The number of anilines is 1. The van der Waals surface area contributed by atoms with Gasteiger partial charge in [-0.1, -0.05) is 17.5 Å². The zero-order chi connectivity index (χ0) is 14.3. The summed E-state index contributed by atoms with van der Waals surface area (Å²) < 4.78 is 29.3. The Hall–Kier alpha value is -1.65. The lowest BCUT2D eigenvalue weighted by Gasteiger charge is -2.09. The first-order valence-electron chi connectivity index (χ1n) is 5.35. The summed E-state index contributed by atoms with van der Waals surface area (Å²) in [7, 11) is 0. The molecule has 1 heterocycles. The molecule has 0 aromatic carbocycles. The Morgan fingerprint density at radius 1 is 1.63 bits per heavy atom. The third kappa shape index (κ3) is 4.85. The van der Waals surface area contributed by atoms with Gasteiger partial charge in [0.05, 0.1) is 17.8 Å². The first-order chi connectivity index (χ1) is 9.06. The van der Waals surface area contributed by atoms with Crippen LogP contribution >= 0.6 is 11.6 Å². The van der Waals surface area contributed by atoms with Crippen molar-refractivity contribution in [3.63, 3.8) is 0 Å². The van der Waals surface area contributed by atoms with E-state index in [1.54, 1.807) is 0 Å². The summed E-state index contributed by atoms with van der Waals surface area (Å²) in [6, 6.07) is 0. The van der Waals surface area contributed by atoms with Crippen molar-refractivity contribution < 1.29 is 13.5 Å². The fourth-order valence-corrected chi connectivity index (χ4v) is 1.44. The van der Waals surface area contributed by atoms with Crippen molar-refractivity contribution >= 4 is 17.3 Å². The molecule has 0 spiro atoms. The van der Waals surface area contributed by atoms with Gasteiger partial charge in [0, 0.05) is 6.54 Å². The van der Waals surface area contributed by atoms with E-state index >= 15 is 0 Å². The third-order valence-corrected chi connectivity index (χ3v) is 2.32. The Bertz CT molecular complexity index is 514. The highest BCUT2D eigenvalue weighted by Gasteiger charge is 2.09. The second kappa shape index (κ2) is 7.71. The van der Waals surface area contributed by atoms with Crippen molar-refractivity contribution in [2.45, 2.75) is 13.0 Å². The lowest BCUT2D eigenvalue weighted by molar-refractivity contribution is 0.0215. The summed E-state index contributed by atoms with van der Waals surface area (Å²) in [6.07, 6.45) is 3.86. The topological polar surface area (TPSA) is 56.1 Å². The molecule has 0 aliphatic carbocycles. The van der Waals surface area contributed by atoms with Gasteiger partial charge < -0.3 is 10.1 Å². The molecule has 1 N–H and O–H groups in total. The zero-order valence-electron chi connectivity index (χ0n) is 9.91. The fourth-order valence-electron chi connectivity index (χ4n) is 1.25. The molecule has 0 bridgehead atoms. The van der Waals surface area contributed by atoms with Crippen LogP contribution in [0.25, 0.3) is 0 Å². The van der Waals surface area contributed by atoms with Gasteiger partial charge in [0.15, 0.2) is 0 Å². The quantitative estimate of drug-likeness (QED) is 0.606. The first kappa shape index (κ1) is 15.4. The van der Waals surface area contributed by atoms with Crippen LogP contribution in [0.5, 0.6) is 0 Å². The van der Waals surface area contributed by atoms with Crippen molar-refractivity contribution in [2.75, 3.05) is 25.1 Å². The van der Waals surface area contributed by atoms with Gasteiger partial charge in [-0.05, 0) is 0 Å². The lowest BCUT2D eigenvalue weighted by atomic mass is 10.4. The summed E-state index contributed by atoms with van der Waals surface area (Å²) in [4.78, 5) is 11.8. The zero-order valence-corrected chi connectivity index (χ0v) is 10.7. The van der Waals surface area contributed by atoms with Gasteiger partial charge in [-0.15, -0.1) is 6.42 Å². The standard InChI is InChI=1S/C11H12ClF2N3O2/c1-2-4-17-11(18)10(8(12)6-16-17)15-3-5-19-7-9(13)14/h1,6,9,15H,3-5,7H2. The van der Waals surface area contributed by atoms with Crippen molar-refractivity contribution in [2.24, 2.45) is 0 Å². The second-order valence-electron chi connectivity index (χ2n) is 3.43. The van der Waals surface area contributed by atoms with Gasteiger partial charge in [-0.3, -0.25) is 4.79 Å². The number of nitrogens with zero attached hydrogens (tertiary/aromatic N) is 2. The van der Waals surface area contributed by atoms with E-state index in [0.29, 0.717) is 0 Å². The molecule has 5 nitrogen and oxygen atoms in total. The molecular formula is C11H12ClF2N3O2. The fraction of sp³-hybridized carbons (Fsp3) is 0.455. The lowest BCUT2D eigenvalue weighted by Crippen LogP contribution is -2.27. The van der Waals surface area contributed by atoms with Crippen molar-refractivity contribution in [3.8, 4) is 12.3 Å². The normalized spacial score (nSPS) is 10.5. The minimum atomic E-state index is -2.52. The maximum Gasteiger partial charge on any atom is 0.292 e. The van der Waals surface area contributed by atoms with Crippen LogP contribution in [-0.2, 0) is 11.3 Å². The number of hydrogen-bond donors (Lipinski definition) is 1. The number of hydrogen-bond acceptors (Lipinski definition) is 4. The highest BCUT2D eigenvalue weighted by molar-refractivity contribution is 6.32. The van der Waals surface area contributed by atoms with Crippen LogP contribution in [0, 0.1) is 12.3 Å². The number of rotatable bonds is 7. The molecule has 0 unspecified atom stereocenters. The number of aromatic nitrogens is 2. The maximum atomic E-state index is 11.8. The first-order valence-corrected chi connectivity index (χ1v) is 5.73. The number of halogens is 3. The Balaban J connectivity index is 2.60. The molecule has 0 amide bonds. The maximum absolute atomic E-state index is 11.8.